The minimum atomic E-state index is -0.346. The maximum Gasteiger partial charge on any atom is 0.273 e. The van der Waals surface area contributed by atoms with E-state index in [4.69, 9.17) is 9.15 Å². The molecule has 2 aromatic heterocycles. The number of nitrogens with one attached hydrogen (secondary N) is 1. The molecule has 0 bridgehead atoms. The molecule has 4 aromatic rings. The number of pyridine rings is 1. The van der Waals surface area contributed by atoms with Crippen LogP contribution in [0.1, 0.15) is 58.1 Å². The molecule has 1 unspecified atom stereocenters. The van der Waals surface area contributed by atoms with Crippen molar-refractivity contribution in [3.05, 3.63) is 113 Å². The van der Waals surface area contributed by atoms with Crippen molar-refractivity contribution in [3.8, 4) is 5.75 Å². The van der Waals surface area contributed by atoms with Gasteiger partial charge in [-0.1, -0.05) is 49.4 Å². The normalized spacial score (nSPS) is 14.6. The van der Waals surface area contributed by atoms with Crippen molar-refractivity contribution in [2.45, 2.75) is 39.0 Å². The van der Waals surface area contributed by atoms with Gasteiger partial charge in [0.25, 0.3) is 5.91 Å². The van der Waals surface area contributed by atoms with Gasteiger partial charge in [-0.25, -0.2) is 4.98 Å². The number of carbonyl (C=O) groups is 2. The third-order valence-corrected chi connectivity index (χ3v) is 6.39. The smallest absolute Gasteiger partial charge is 0.273 e. The Labute approximate surface area is 215 Å². The molecule has 5 rings (SSSR count). The zero-order valence-corrected chi connectivity index (χ0v) is 20.6. The highest BCUT2D eigenvalue weighted by Gasteiger charge is 2.31. The van der Waals surface area contributed by atoms with Crippen LogP contribution in [0.25, 0.3) is 0 Å². The van der Waals surface area contributed by atoms with Crippen molar-refractivity contribution >= 4 is 11.8 Å². The molecule has 0 fully saturated rings. The van der Waals surface area contributed by atoms with E-state index in [1.807, 2.05) is 60.4 Å². The minimum Gasteiger partial charge on any atom is -0.484 e. The van der Waals surface area contributed by atoms with Crippen LogP contribution in [-0.2, 0) is 24.4 Å². The molecule has 188 valence electrons. The Balaban J connectivity index is 1.28. The average molecular weight is 497 g/mol. The molecule has 2 amide bonds. The summed E-state index contributed by atoms with van der Waals surface area (Å²) in [6.07, 6.45) is 4.24. The van der Waals surface area contributed by atoms with Crippen LogP contribution in [0.4, 0.5) is 0 Å². The van der Waals surface area contributed by atoms with E-state index < -0.39 is 0 Å². The van der Waals surface area contributed by atoms with E-state index in [1.54, 1.807) is 6.20 Å². The molecule has 2 aromatic carbocycles. The number of hydrogen-bond acceptors (Lipinski definition) is 6. The van der Waals surface area contributed by atoms with E-state index in [-0.39, 0.29) is 30.2 Å². The van der Waals surface area contributed by atoms with Gasteiger partial charge >= 0.3 is 0 Å². The Kier molecular flexibility index (Phi) is 7.26. The lowest BCUT2D eigenvalue weighted by Gasteiger charge is -2.38. The molecule has 1 aliphatic heterocycles. The van der Waals surface area contributed by atoms with Crippen molar-refractivity contribution < 1.29 is 18.7 Å². The van der Waals surface area contributed by atoms with Crippen molar-refractivity contribution in [2.75, 3.05) is 6.54 Å². The number of amides is 2. The number of hydrogen-bond donors (Lipinski definition) is 1. The van der Waals surface area contributed by atoms with Gasteiger partial charge in [-0.05, 0) is 47.4 Å². The summed E-state index contributed by atoms with van der Waals surface area (Å²) in [7, 11) is 0. The zero-order chi connectivity index (χ0) is 25.6. The van der Waals surface area contributed by atoms with Crippen molar-refractivity contribution in [3.63, 3.8) is 0 Å². The van der Waals surface area contributed by atoms with E-state index >= 15 is 0 Å². The molecule has 8 nitrogen and oxygen atoms in total. The molecule has 0 spiro atoms. The molecule has 1 atom stereocenters. The second-order valence-electron chi connectivity index (χ2n) is 8.78. The van der Waals surface area contributed by atoms with Gasteiger partial charge in [-0.2, -0.15) is 0 Å². The van der Waals surface area contributed by atoms with Crippen LogP contribution < -0.4 is 10.1 Å². The van der Waals surface area contributed by atoms with Gasteiger partial charge in [-0.3, -0.25) is 14.6 Å². The monoisotopic (exact) mass is 496 g/mol. The summed E-state index contributed by atoms with van der Waals surface area (Å²) in [5, 5.41) is 2.78. The molecular formula is C29H28N4O4. The van der Waals surface area contributed by atoms with Crippen LogP contribution in [0.5, 0.6) is 5.75 Å². The Bertz CT molecular complexity index is 1370. The van der Waals surface area contributed by atoms with Crippen LogP contribution in [-0.4, -0.2) is 33.2 Å². The maximum atomic E-state index is 12.8. The molecule has 0 radical (unpaired) electrons. The largest absolute Gasteiger partial charge is 0.484 e. The summed E-state index contributed by atoms with van der Waals surface area (Å²) in [6, 6.07) is 21.4. The van der Waals surface area contributed by atoms with Gasteiger partial charge < -0.3 is 19.4 Å². The first-order valence-electron chi connectivity index (χ1n) is 12.3. The highest BCUT2D eigenvalue weighted by molar-refractivity contribution is 5.91. The number of fused-ring (bicyclic) bond motifs is 1. The lowest BCUT2D eigenvalue weighted by molar-refractivity contribution is -0.132. The number of benzene rings is 2. The molecule has 1 aliphatic rings. The molecule has 37 heavy (non-hydrogen) atoms. The molecule has 0 saturated carbocycles. The number of oxazole rings is 1. The molecule has 8 heteroatoms. The van der Waals surface area contributed by atoms with Crippen LogP contribution in [0.3, 0.4) is 0 Å². The number of carbonyl (C=O) groups excluding carboxylic acids is 2. The third kappa shape index (κ3) is 5.53. The highest BCUT2D eigenvalue weighted by atomic mass is 16.5. The third-order valence-electron chi connectivity index (χ3n) is 6.39. The summed E-state index contributed by atoms with van der Waals surface area (Å²) >= 11 is 0. The van der Waals surface area contributed by atoms with Gasteiger partial charge in [0.15, 0.2) is 12.3 Å². The van der Waals surface area contributed by atoms with Gasteiger partial charge in [-0.15, -0.1) is 0 Å². The number of ether oxygens (including phenoxy) is 1. The molecule has 1 N–H and O–H groups in total. The standard InChI is InChI=1S/C29H28N4O4/c1-2-27(34)33-15-13-20-11-12-23(16-24(20)28(33)21-8-4-3-5-9-21)36-19-26-32-25(18-37-26)29(35)31-17-22-10-6-7-14-30-22/h3-12,14,16,18,28H,2,13,15,17,19H2,1H3,(H,31,35). The number of aromatic nitrogens is 2. The summed E-state index contributed by atoms with van der Waals surface area (Å²) < 4.78 is 11.4. The SMILES string of the molecule is CCC(=O)N1CCc2ccc(OCc3nc(C(=O)NCc4ccccn4)co3)cc2C1c1ccccc1. The van der Waals surface area contributed by atoms with Crippen LogP contribution >= 0.6 is 0 Å². The first-order valence-corrected chi connectivity index (χ1v) is 12.3. The van der Waals surface area contributed by atoms with E-state index in [0.29, 0.717) is 31.2 Å². The second kappa shape index (κ2) is 11.1. The van der Waals surface area contributed by atoms with E-state index in [2.05, 4.69) is 33.5 Å². The first-order chi connectivity index (χ1) is 18.1. The van der Waals surface area contributed by atoms with Crippen LogP contribution in [0, 0.1) is 0 Å². The first kappa shape index (κ1) is 24.2. The predicted octanol–water partition coefficient (Wildman–Crippen LogP) is 4.46. The number of nitrogens with zero attached hydrogens (tertiary/aromatic N) is 3. The molecular weight excluding hydrogens is 468 g/mol. The Morgan fingerprint density at radius 1 is 1.11 bits per heavy atom. The van der Waals surface area contributed by atoms with E-state index in [1.165, 1.54) is 11.8 Å². The minimum absolute atomic E-state index is 0.0694. The fraction of sp³-hybridized carbons (Fsp3) is 0.241. The van der Waals surface area contributed by atoms with E-state index in [0.717, 1.165) is 23.2 Å². The van der Waals surface area contributed by atoms with Gasteiger partial charge in [0.1, 0.15) is 12.0 Å². The van der Waals surface area contributed by atoms with Crippen LogP contribution in [0.15, 0.2) is 83.6 Å². The lowest BCUT2D eigenvalue weighted by atomic mass is 9.87. The van der Waals surface area contributed by atoms with Gasteiger partial charge in [0.05, 0.1) is 18.3 Å². The number of rotatable bonds is 8. The quantitative estimate of drug-likeness (QED) is 0.387. The topological polar surface area (TPSA) is 97.6 Å². The summed E-state index contributed by atoms with van der Waals surface area (Å²) in [5.41, 5.74) is 4.25. The molecule has 0 aliphatic carbocycles. The fourth-order valence-electron chi connectivity index (χ4n) is 4.54. The fourth-order valence-corrected chi connectivity index (χ4v) is 4.54. The lowest BCUT2D eigenvalue weighted by Crippen LogP contribution is -2.40. The second-order valence-corrected chi connectivity index (χ2v) is 8.78. The Hall–Kier alpha value is -4.46. The van der Waals surface area contributed by atoms with Gasteiger partial charge in [0.2, 0.25) is 11.8 Å². The zero-order valence-electron chi connectivity index (χ0n) is 20.6. The highest BCUT2D eigenvalue weighted by Crippen LogP contribution is 2.37. The van der Waals surface area contributed by atoms with Crippen molar-refractivity contribution in [1.29, 1.82) is 0 Å². The van der Waals surface area contributed by atoms with Crippen LogP contribution in [0.2, 0.25) is 0 Å². The van der Waals surface area contributed by atoms with Gasteiger partial charge in [0, 0.05) is 19.2 Å². The molecule has 0 saturated heterocycles. The van der Waals surface area contributed by atoms with Crippen molar-refractivity contribution in [2.24, 2.45) is 0 Å². The molecule has 3 heterocycles. The average Bonchev–Trinajstić information content (AvgIpc) is 3.44. The Morgan fingerprint density at radius 2 is 1.95 bits per heavy atom. The summed E-state index contributed by atoms with van der Waals surface area (Å²) in [6.45, 7) is 2.94. The van der Waals surface area contributed by atoms with Crippen molar-refractivity contribution in [1.82, 2.24) is 20.2 Å². The maximum absolute atomic E-state index is 12.8. The summed E-state index contributed by atoms with van der Waals surface area (Å²) in [4.78, 5) is 35.6. The summed E-state index contributed by atoms with van der Waals surface area (Å²) in [5.74, 6) is 0.716. The Morgan fingerprint density at radius 3 is 2.73 bits per heavy atom. The predicted molar refractivity (Wildman–Crippen MR) is 137 cm³/mol. The van der Waals surface area contributed by atoms with E-state index in [9.17, 15) is 9.59 Å².